The number of carbonyl (C=O) groups excluding carboxylic acids is 1. The van der Waals surface area contributed by atoms with Crippen molar-refractivity contribution >= 4 is 39.4 Å². The number of ether oxygens (including phenoxy) is 1. The van der Waals surface area contributed by atoms with Gasteiger partial charge in [-0.25, -0.2) is 0 Å². The number of aliphatic carboxylic acids is 1. The van der Waals surface area contributed by atoms with Gasteiger partial charge in [-0.3, -0.25) is 9.59 Å². The summed E-state index contributed by atoms with van der Waals surface area (Å²) in [5.74, 6) is -0.811. The smallest absolute Gasteiger partial charge is 0.305 e. The van der Waals surface area contributed by atoms with Crippen LogP contribution in [0.2, 0.25) is 5.02 Å². The van der Waals surface area contributed by atoms with Crippen molar-refractivity contribution in [1.82, 2.24) is 5.32 Å². The SMILES string of the molecule is CCC(CC(=O)O)NC(=O)COc1ccc(Cl)cc1Br. The standard InChI is InChI=1S/C13H15BrClNO4/c1-2-9(6-13(18)19)16-12(17)7-20-11-4-3-8(15)5-10(11)14/h3-5,9H,2,6-7H2,1H3,(H,16,17)(H,18,19). The van der Waals surface area contributed by atoms with Gasteiger partial charge < -0.3 is 15.2 Å². The first-order valence-electron chi connectivity index (χ1n) is 6.01. The summed E-state index contributed by atoms with van der Waals surface area (Å²) in [5, 5.41) is 11.9. The molecule has 0 aliphatic rings. The van der Waals surface area contributed by atoms with Crippen LogP contribution in [0.5, 0.6) is 5.75 Å². The minimum atomic E-state index is -0.946. The molecule has 1 aromatic rings. The lowest BCUT2D eigenvalue weighted by atomic mass is 10.1. The second kappa shape index (κ2) is 8.11. The highest BCUT2D eigenvalue weighted by atomic mass is 79.9. The maximum Gasteiger partial charge on any atom is 0.305 e. The fourth-order valence-electron chi connectivity index (χ4n) is 1.51. The minimum Gasteiger partial charge on any atom is -0.483 e. The van der Waals surface area contributed by atoms with E-state index < -0.39 is 12.0 Å². The average molecular weight is 365 g/mol. The van der Waals surface area contributed by atoms with Crippen LogP contribution in [0.4, 0.5) is 0 Å². The Morgan fingerprint density at radius 3 is 2.75 bits per heavy atom. The summed E-state index contributed by atoms with van der Waals surface area (Å²) in [4.78, 5) is 22.3. The Kier molecular flexibility index (Phi) is 6.81. The van der Waals surface area contributed by atoms with Gasteiger partial charge in [0, 0.05) is 11.1 Å². The molecule has 1 aromatic carbocycles. The number of hydrogen-bond donors (Lipinski definition) is 2. The molecule has 1 unspecified atom stereocenters. The highest BCUT2D eigenvalue weighted by molar-refractivity contribution is 9.10. The van der Waals surface area contributed by atoms with Crippen LogP contribution in [-0.2, 0) is 9.59 Å². The summed E-state index contributed by atoms with van der Waals surface area (Å²) in [5.41, 5.74) is 0. The maximum atomic E-state index is 11.7. The molecule has 1 atom stereocenters. The quantitative estimate of drug-likeness (QED) is 0.780. The van der Waals surface area contributed by atoms with E-state index in [9.17, 15) is 9.59 Å². The van der Waals surface area contributed by atoms with Crippen molar-refractivity contribution in [2.24, 2.45) is 0 Å². The lowest BCUT2D eigenvalue weighted by Gasteiger charge is -2.15. The van der Waals surface area contributed by atoms with E-state index in [1.807, 2.05) is 6.92 Å². The van der Waals surface area contributed by atoms with E-state index in [2.05, 4.69) is 21.2 Å². The van der Waals surface area contributed by atoms with Crippen LogP contribution in [0.15, 0.2) is 22.7 Å². The number of rotatable bonds is 7. The Bertz CT molecular complexity index is 495. The first-order chi connectivity index (χ1) is 9.42. The van der Waals surface area contributed by atoms with Crippen LogP contribution in [0.1, 0.15) is 19.8 Å². The van der Waals surface area contributed by atoms with Crippen LogP contribution in [-0.4, -0.2) is 29.6 Å². The third-order valence-corrected chi connectivity index (χ3v) is 3.39. The van der Waals surface area contributed by atoms with E-state index in [0.29, 0.717) is 21.7 Å². The molecule has 20 heavy (non-hydrogen) atoms. The molecule has 110 valence electrons. The first-order valence-corrected chi connectivity index (χ1v) is 7.18. The second-order valence-electron chi connectivity index (χ2n) is 4.13. The van der Waals surface area contributed by atoms with Gasteiger partial charge >= 0.3 is 5.97 Å². The average Bonchev–Trinajstić information content (AvgIpc) is 2.36. The number of hydrogen-bond acceptors (Lipinski definition) is 3. The van der Waals surface area contributed by atoms with E-state index in [-0.39, 0.29) is 18.9 Å². The third-order valence-electron chi connectivity index (χ3n) is 2.53. The maximum absolute atomic E-state index is 11.7. The van der Waals surface area contributed by atoms with Crippen molar-refractivity contribution < 1.29 is 19.4 Å². The molecule has 1 amide bonds. The summed E-state index contributed by atoms with van der Waals surface area (Å²) in [6.07, 6.45) is 0.440. The Morgan fingerprint density at radius 1 is 1.50 bits per heavy atom. The predicted molar refractivity (Wildman–Crippen MR) is 79.1 cm³/mol. The summed E-state index contributed by atoms with van der Waals surface area (Å²) in [6.45, 7) is 1.63. The summed E-state index contributed by atoms with van der Waals surface area (Å²) < 4.78 is 5.99. The molecular formula is C13H15BrClNO4. The largest absolute Gasteiger partial charge is 0.483 e. The topological polar surface area (TPSA) is 75.6 Å². The third kappa shape index (κ3) is 5.79. The van der Waals surface area contributed by atoms with Crippen LogP contribution in [0, 0.1) is 0 Å². The molecule has 7 heteroatoms. The fraction of sp³-hybridized carbons (Fsp3) is 0.385. The number of benzene rings is 1. The van der Waals surface area contributed by atoms with Crippen molar-refractivity contribution in [2.45, 2.75) is 25.8 Å². The van der Waals surface area contributed by atoms with E-state index in [0.717, 1.165) is 0 Å². The Hall–Kier alpha value is -1.27. The second-order valence-corrected chi connectivity index (χ2v) is 5.42. The molecule has 0 heterocycles. The van der Waals surface area contributed by atoms with Gasteiger partial charge in [0.25, 0.3) is 5.91 Å². The van der Waals surface area contributed by atoms with Gasteiger partial charge in [0.15, 0.2) is 6.61 Å². The summed E-state index contributed by atoms with van der Waals surface area (Å²) in [7, 11) is 0. The van der Waals surface area contributed by atoms with E-state index >= 15 is 0 Å². The monoisotopic (exact) mass is 363 g/mol. The van der Waals surface area contributed by atoms with Gasteiger partial charge in [-0.05, 0) is 40.5 Å². The molecule has 1 rings (SSSR count). The molecule has 0 fully saturated rings. The molecule has 0 aliphatic carbocycles. The Labute approximate surface area is 130 Å². The van der Waals surface area contributed by atoms with Crippen molar-refractivity contribution in [2.75, 3.05) is 6.61 Å². The van der Waals surface area contributed by atoms with Crippen molar-refractivity contribution in [3.05, 3.63) is 27.7 Å². The number of carboxylic acids is 1. The van der Waals surface area contributed by atoms with Crippen molar-refractivity contribution in [3.63, 3.8) is 0 Å². The zero-order valence-electron chi connectivity index (χ0n) is 10.9. The number of amides is 1. The van der Waals surface area contributed by atoms with E-state index in [1.165, 1.54) is 0 Å². The fourth-order valence-corrected chi connectivity index (χ4v) is 2.31. The molecule has 0 spiro atoms. The van der Waals surface area contributed by atoms with Crippen molar-refractivity contribution in [1.29, 1.82) is 0 Å². The van der Waals surface area contributed by atoms with Crippen LogP contribution < -0.4 is 10.1 Å². The Morgan fingerprint density at radius 2 is 2.20 bits per heavy atom. The molecule has 5 nitrogen and oxygen atoms in total. The van der Waals surface area contributed by atoms with Crippen LogP contribution >= 0.6 is 27.5 Å². The summed E-state index contributed by atoms with van der Waals surface area (Å²) >= 11 is 9.07. The van der Waals surface area contributed by atoms with Gasteiger partial charge in [0.2, 0.25) is 0 Å². The number of carboxylic acid groups (broad SMARTS) is 1. The van der Waals surface area contributed by atoms with Crippen molar-refractivity contribution in [3.8, 4) is 5.75 Å². The molecule has 0 bridgehead atoms. The highest BCUT2D eigenvalue weighted by Crippen LogP contribution is 2.27. The number of nitrogens with one attached hydrogen (secondary N) is 1. The van der Waals surface area contributed by atoms with Crippen LogP contribution in [0.25, 0.3) is 0 Å². The Balaban J connectivity index is 2.48. The molecule has 0 aromatic heterocycles. The first kappa shape index (κ1) is 16.8. The number of carbonyl (C=O) groups is 2. The van der Waals surface area contributed by atoms with Gasteiger partial charge in [-0.1, -0.05) is 18.5 Å². The predicted octanol–water partition coefficient (Wildman–Crippen LogP) is 2.85. The van der Waals surface area contributed by atoms with Crippen LogP contribution in [0.3, 0.4) is 0 Å². The number of halogens is 2. The molecule has 0 radical (unpaired) electrons. The lowest BCUT2D eigenvalue weighted by molar-refractivity contribution is -0.137. The van der Waals surface area contributed by atoms with Gasteiger partial charge in [0.1, 0.15) is 5.75 Å². The highest BCUT2D eigenvalue weighted by Gasteiger charge is 2.14. The zero-order chi connectivity index (χ0) is 15.1. The zero-order valence-corrected chi connectivity index (χ0v) is 13.2. The molecule has 0 aliphatic heterocycles. The van der Waals surface area contributed by atoms with Gasteiger partial charge in [0.05, 0.1) is 10.9 Å². The van der Waals surface area contributed by atoms with Gasteiger partial charge in [-0.15, -0.1) is 0 Å². The molecule has 0 saturated carbocycles. The molecule has 2 N–H and O–H groups in total. The normalized spacial score (nSPS) is 11.8. The van der Waals surface area contributed by atoms with Gasteiger partial charge in [-0.2, -0.15) is 0 Å². The lowest BCUT2D eigenvalue weighted by Crippen LogP contribution is -2.38. The molecule has 0 saturated heterocycles. The van der Waals surface area contributed by atoms with E-state index in [1.54, 1.807) is 18.2 Å². The van der Waals surface area contributed by atoms with E-state index in [4.69, 9.17) is 21.4 Å². The molecular weight excluding hydrogens is 350 g/mol. The summed E-state index contributed by atoms with van der Waals surface area (Å²) in [6, 6.07) is 4.57. The minimum absolute atomic E-state index is 0.104.